The summed E-state index contributed by atoms with van der Waals surface area (Å²) in [6, 6.07) is 2.54. The maximum Gasteiger partial charge on any atom is 0.371 e. The Morgan fingerprint density at radius 3 is 2.67 bits per heavy atom. The van der Waals surface area contributed by atoms with Crippen LogP contribution in [0.15, 0.2) is 16.5 Å². The summed E-state index contributed by atoms with van der Waals surface area (Å²) in [6.45, 7) is 0.733. The molecule has 0 aromatic carbocycles. The zero-order chi connectivity index (χ0) is 11.3. The van der Waals surface area contributed by atoms with Crippen LogP contribution in [0.5, 0.6) is 0 Å². The normalized spacial score (nSPS) is 9.93. The molecule has 1 amide bonds. The van der Waals surface area contributed by atoms with Crippen LogP contribution in [-0.2, 0) is 4.74 Å². The van der Waals surface area contributed by atoms with Crippen LogP contribution >= 0.6 is 0 Å². The number of carboxylic acids is 1. The Kier molecular flexibility index (Phi) is 3.87. The van der Waals surface area contributed by atoms with Crippen molar-refractivity contribution in [1.29, 1.82) is 0 Å². The van der Waals surface area contributed by atoms with Crippen molar-refractivity contribution in [2.24, 2.45) is 0 Å². The highest BCUT2D eigenvalue weighted by Gasteiger charge is 2.13. The topological polar surface area (TPSA) is 88.8 Å². The third-order valence-corrected chi connectivity index (χ3v) is 1.63. The summed E-state index contributed by atoms with van der Waals surface area (Å²) in [4.78, 5) is 21.8. The van der Waals surface area contributed by atoms with E-state index < -0.39 is 11.9 Å². The number of nitrogens with one attached hydrogen (secondary N) is 1. The van der Waals surface area contributed by atoms with E-state index in [1.54, 1.807) is 0 Å². The van der Waals surface area contributed by atoms with Gasteiger partial charge in [0, 0.05) is 13.7 Å². The van der Waals surface area contributed by atoms with Crippen molar-refractivity contribution in [2.75, 3.05) is 20.3 Å². The van der Waals surface area contributed by atoms with Crippen LogP contribution in [0.4, 0.5) is 0 Å². The van der Waals surface area contributed by atoms with Crippen molar-refractivity contribution in [1.82, 2.24) is 5.32 Å². The van der Waals surface area contributed by atoms with Gasteiger partial charge in [0.25, 0.3) is 5.91 Å². The van der Waals surface area contributed by atoms with Crippen LogP contribution in [0.2, 0.25) is 0 Å². The molecule has 1 aromatic heterocycles. The van der Waals surface area contributed by atoms with Gasteiger partial charge < -0.3 is 19.6 Å². The molecule has 1 rings (SSSR count). The molecule has 0 aliphatic heterocycles. The highest BCUT2D eigenvalue weighted by atomic mass is 16.5. The number of hydrogen-bond donors (Lipinski definition) is 2. The summed E-state index contributed by atoms with van der Waals surface area (Å²) >= 11 is 0. The van der Waals surface area contributed by atoms with Crippen LogP contribution in [-0.4, -0.2) is 37.2 Å². The minimum Gasteiger partial charge on any atom is -0.475 e. The zero-order valence-corrected chi connectivity index (χ0v) is 8.15. The van der Waals surface area contributed by atoms with Crippen LogP contribution in [0.3, 0.4) is 0 Å². The summed E-state index contributed by atoms with van der Waals surface area (Å²) in [5, 5.41) is 11.1. The molecule has 6 nitrogen and oxygen atoms in total. The molecule has 0 saturated heterocycles. The molecular weight excluding hydrogens is 202 g/mol. The van der Waals surface area contributed by atoms with Crippen molar-refractivity contribution < 1.29 is 23.8 Å². The minimum absolute atomic E-state index is 0.0245. The summed E-state index contributed by atoms with van der Waals surface area (Å²) in [5.41, 5.74) is 0. The Balaban J connectivity index is 2.54. The molecule has 0 unspecified atom stereocenters. The van der Waals surface area contributed by atoms with Gasteiger partial charge >= 0.3 is 5.97 Å². The number of hydrogen-bond acceptors (Lipinski definition) is 4. The number of furan rings is 1. The Hall–Kier alpha value is -1.82. The molecule has 0 aliphatic carbocycles. The van der Waals surface area contributed by atoms with E-state index >= 15 is 0 Å². The molecule has 0 aliphatic rings. The maximum absolute atomic E-state index is 11.3. The monoisotopic (exact) mass is 213 g/mol. The minimum atomic E-state index is -1.20. The van der Waals surface area contributed by atoms with E-state index in [4.69, 9.17) is 14.3 Å². The lowest BCUT2D eigenvalue weighted by Gasteiger charge is -2.00. The summed E-state index contributed by atoms with van der Waals surface area (Å²) in [5.74, 6) is -1.94. The van der Waals surface area contributed by atoms with Gasteiger partial charge in [-0.15, -0.1) is 0 Å². The first kappa shape index (κ1) is 11.3. The van der Waals surface area contributed by atoms with E-state index in [0.717, 1.165) is 0 Å². The molecule has 1 heterocycles. The number of rotatable bonds is 5. The molecule has 0 saturated carbocycles. The predicted octanol–water partition coefficient (Wildman–Crippen LogP) is 0.354. The molecule has 0 atom stereocenters. The second-order valence-corrected chi connectivity index (χ2v) is 2.72. The number of carbonyl (C=O) groups excluding carboxylic acids is 1. The first-order valence-electron chi connectivity index (χ1n) is 4.25. The van der Waals surface area contributed by atoms with E-state index in [1.165, 1.54) is 19.2 Å². The van der Waals surface area contributed by atoms with Gasteiger partial charge in [0.2, 0.25) is 5.76 Å². The number of ether oxygens (including phenoxy) is 1. The molecule has 15 heavy (non-hydrogen) atoms. The fraction of sp³-hybridized carbons (Fsp3) is 0.333. The highest BCUT2D eigenvalue weighted by molar-refractivity contribution is 5.93. The molecule has 0 fully saturated rings. The van der Waals surface area contributed by atoms with Gasteiger partial charge in [-0.1, -0.05) is 0 Å². The third kappa shape index (κ3) is 3.10. The average Bonchev–Trinajstić information content (AvgIpc) is 2.66. The lowest BCUT2D eigenvalue weighted by atomic mass is 10.4. The van der Waals surface area contributed by atoms with Crippen molar-refractivity contribution in [3.8, 4) is 0 Å². The van der Waals surface area contributed by atoms with Gasteiger partial charge in [0.15, 0.2) is 5.76 Å². The Bertz CT molecular complexity index is 357. The Morgan fingerprint density at radius 2 is 2.13 bits per heavy atom. The molecular formula is C9H11NO5. The quantitative estimate of drug-likeness (QED) is 0.689. The van der Waals surface area contributed by atoms with E-state index in [-0.39, 0.29) is 11.5 Å². The van der Waals surface area contributed by atoms with Gasteiger partial charge in [-0.05, 0) is 12.1 Å². The number of methoxy groups -OCH3 is 1. The Labute approximate surface area is 85.8 Å². The fourth-order valence-corrected chi connectivity index (χ4v) is 0.929. The second kappa shape index (κ2) is 5.16. The lowest BCUT2D eigenvalue weighted by Crippen LogP contribution is -2.26. The molecule has 82 valence electrons. The molecule has 0 radical (unpaired) electrons. The van der Waals surface area contributed by atoms with Gasteiger partial charge in [0.1, 0.15) is 0 Å². The predicted molar refractivity (Wildman–Crippen MR) is 49.9 cm³/mol. The number of amides is 1. The zero-order valence-electron chi connectivity index (χ0n) is 8.15. The van der Waals surface area contributed by atoms with Crippen LogP contribution in [0.1, 0.15) is 21.1 Å². The fourth-order valence-electron chi connectivity index (χ4n) is 0.929. The SMILES string of the molecule is COCCNC(=O)c1ccc(C(=O)O)o1. The first-order chi connectivity index (χ1) is 7.15. The first-order valence-corrected chi connectivity index (χ1v) is 4.25. The number of carbonyl (C=O) groups is 2. The van der Waals surface area contributed by atoms with E-state index in [1.807, 2.05) is 0 Å². The van der Waals surface area contributed by atoms with Crippen molar-refractivity contribution in [3.63, 3.8) is 0 Å². The third-order valence-electron chi connectivity index (χ3n) is 1.63. The van der Waals surface area contributed by atoms with Crippen LogP contribution < -0.4 is 5.32 Å². The van der Waals surface area contributed by atoms with E-state index in [9.17, 15) is 9.59 Å². The van der Waals surface area contributed by atoms with E-state index in [2.05, 4.69) is 5.32 Å². The highest BCUT2D eigenvalue weighted by Crippen LogP contribution is 2.07. The van der Waals surface area contributed by atoms with Crippen molar-refractivity contribution >= 4 is 11.9 Å². The van der Waals surface area contributed by atoms with Crippen LogP contribution in [0, 0.1) is 0 Å². The number of aromatic carboxylic acids is 1. The summed E-state index contributed by atoms with van der Waals surface area (Å²) < 4.78 is 9.52. The average molecular weight is 213 g/mol. The van der Waals surface area contributed by atoms with E-state index in [0.29, 0.717) is 13.2 Å². The van der Waals surface area contributed by atoms with Gasteiger partial charge in [-0.25, -0.2) is 4.79 Å². The summed E-state index contributed by atoms with van der Waals surface area (Å²) in [6.07, 6.45) is 0. The van der Waals surface area contributed by atoms with Gasteiger partial charge in [-0.2, -0.15) is 0 Å². The smallest absolute Gasteiger partial charge is 0.371 e. The largest absolute Gasteiger partial charge is 0.475 e. The van der Waals surface area contributed by atoms with Crippen LogP contribution in [0.25, 0.3) is 0 Å². The molecule has 6 heteroatoms. The van der Waals surface area contributed by atoms with Gasteiger partial charge in [-0.3, -0.25) is 4.79 Å². The molecule has 0 bridgehead atoms. The number of carboxylic acid groups (broad SMARTS) is 1. The standard InChI is InChI=1S/C9H11NO5/c1-14-5-4-10-8(11)6-2-3-7(15-6)9(12)13/h2-3H,4-5H2,1H3,(H,10,11)(H,12,13). The second-order valence-electron chi connectivity index (χ2n) is 2.72. The van der Waals surface area contributed by atoms with Gasteiger partial charge in [0.05, 0.1) is 6.61 Å². The molecule has 1 aromatic rings. The van der Waals surface area contributed by atoms with Crippen molar-refractivity contribution in [2.45, 2.75) is 0 Å². The maximum atomic E-state index is 11.3. The lowest BCUT2D eigenvalue weighted by molar-refractivity contribution is 0.0659. The molecule has 0 spiro atoms. The molecule has 2 N–H and O–H groups in total. The Morgan fingerprint density at radius 1 is 1.47 bits per heavy atom. The summed E-state index contributed by atoms with van der Waals surface area (Å²) in [7, 11) is 1.52. The van der Waals surface area contributed by atoms with Crippen molar-refractivity contribution in [3.05, 3.63) is 23.7 Å².